The summed E-state index contributed by atoms with van der Waals surface area (Å²) in [5.74, 6) is -0.694. The van der Waals surface area contributed by atoms with Crippen LogP contribution in [0.5, 0.6) is 5.75 Å². The summed E-state index contributed by atoms with van der Waals surface area (Å²) in [6, 6.07) is 10.1. The number of hydrogen-bond acceptors (Lipinski definition) is 6. The molecule has 2 aromatic rings. The molecule has 0 amide bonds. The van der Waals surface area contributed by atoms with Crippen molar-refractivity contribution < 1.29 is 19.6 Å². The maximum atomic E-state index is 11.6. The minimum absolute atomic E-state index is 0.148. The number of aromatic hydroxyl groups is 1. The Hall–Kier alpha value is -3.22. The van der Waals surface area contributed by atoms with Gasteiger partial charge < -0.3 is 9.84 Å². The number of carbonyl (C=O) groups excluding carboxylic acids is 1. The smallest absolute Gasteiger partial charge is 0.340 e. The van der Waals surface area contributed by atoms with Gasteiger partial charge in [-0.15, -0.1) is 0 Å². The zero-order chi connectivity index (χ0) is 16.1. The second-order valence-corrected chi connectivity index (χ2v) is 4.27. The van der Waals surface area contributed by atoms with Crippen LogP contribution in [0.15, 0.2) is 47.5 Å². The van der Waals surface area contributed by atoms with Gasteiger partial charge in [-0.2, -0.15) is 0 Å². The van der Waals surface area contributed by atoms with E-state index in [2.05, 4.69) is 9.73 Å². The quantitative estimate of drug-likeness (QED) is 0.405. The molecule has 0 saturated heterocycles. The molecule has 2 aromatic carbocycles. The Bertz CT molecular complexity index is 755. The van der Waals surface area contributed by atoms with Gasteiger partial charge in [0.2, 0.25) is 0 Å². The molecule has 22 heavy (non-hydrogen) atoms. The second kappa shape index (κ2) is 6.49. The van der Waals surface area contributed by atoms with E-state index in [4.69, 9.17) is 0 Å². The number of non-ortho nitro benzene ring substituents is 1. The molecule has 7 heteroatoms. The van der Waals surface area contributed by atoms with Gasteiger partial charge in [0.15, 0.2) is 0 Å². The average molecular weight is 300 g/mol. The van der Waals surface area contributed by atoms with Gasteiger partial charge in [0.05, 0.1) is 23.3 Å². The number of rotatable bonds is 4. The van der Waals surface area contributed by atoms with E-state index in [1.54, 1.807) is 24.3 Å². The number of benzene rings is 2. The van der Waals surface area contributed by atoms with Gasteiger partial charge in [-0.3, -0.25) is 15.1 Å². The monoisotopic (exact) mass is 300 g/mol. The van der Waals surface area contributed by atoms with Crippen molar-refractivity contribution in [3.8, 4) is 5.75 Å². The van der Waals surface area contributed by atoms with Crippen LogP contribution in [0.3, 0.4) is 0 Å². The Morgan fingerprint density at radius 2 is 2.05 bits per heavy atom. The molecule has 0 aliphatic heterocycles. The van der Waals surface area contributed by atoms with Crippen LogP contribution < -0.4 is 0 Å². The number of para-hydroxylation sites is 1. The van der Waals surface area contributed by atoms with Gasteiger partial charge in [-0.25, -0.2) is 4.79 Å². The topological polar surface area (TPSA) is 102 Å². The lowest BCUT2D eigenvalue weighted by atomic mass is 10.1. The first-order valence-corrected chi connectivity index (χ1v) is 6.21. The zero-order valence-corrected chi connectivity index (χ0v) is 11.6. The number of aliphatic imine (C=N–C) groups is 1. The lowest BCUT2D eigenvalue weighted by Gasteiger charge is -2.03. The maximum absolute atomic E-state index is 11.6. The molecule has 0 aliphatic rings. The van der Waals surface area contributed by atoms with Crippen LogP contribution >= 0.6 is 0 Å². The van der Waals surface area contributed by atoms with Crippen LogP contribution in [0.4, 0.5) is 11.4 Å². The van der Waals surface area contributed by atoms with E-state index in [0.717, 1.165) is 0 Å². The van der Waals surface area contributed by atoms with E-state index in [0.29, 0.717) is 5.69 Å². The summed E-state index contributed by atoms with van der Waals surface area (Å²) in [5, 5.41) is 20.5. The van der Waals surface area contributed by atoms with Crippen LogP contribution in [0.1, 0.15) is 15.9 Å². The van der Waals surface area contributed by atoms with E-state index in [-0.39, 0.29) is 22.6 Å². The third kappa shape index (κ3) is 3.26. The fourth-order valence-electron chi connectivity index (χ4n) is 1.77. The zero-order valence-electron chi connectivity index (χ0n) is 11.6. The van der Waals surface area contributed by atoms with E-state index in [1.165, 1.54) is 31.5 Å². The molecular weight excluding hydrogens is 288 g/mol. The minimum atomic E-state index is -0.570. The number of hydrogen-bond donors (Lipinski definition) is 1. The van der Waals surface area contributed by atoms with E-state index in [9.17, 15) is 20.0 Å². The summed E-state index contributed by atoms with van der Waals surface area (Å²) in [5.41, 5.74) is 0.598. The Morgan fingerprint density at radius 3 is 2.73 bits per heavy atom. The molecule has 0 aliphatic carbocycles. The Morgan fingerprint density at radius 1 is 1.32 bits per heavy atom. The molecule has 0 atom stereocenters. The number of nitrogens with zero attached hydrogens (tertiary/aromatic N) is 2. The number of esters is 1. The summed E-state index contributed by atoms with van der Waals surface area (Å²) in [6.45, 7) is 0. The minimum Gasteiger partial charge on any atom is -0.507 e. The van der Waals surface area contributed by atoms with Crippen molar-refractivity contribution in [2.45, 2.75) is 0 Å². The first kappa shape index (κ1) is 15.2. The molecule has 0 fully saturated rings. The summed E-state index contributed by atoms with van der Waals surface area (Å²) < 4.78 is 4.65. The Balaban J connectivity index is 2.39. The summed E-state index contributed by atoms with van der Waals surface area (Å²) in [4.78, 5) is 25.9. The predicted molar refractivity (Wildman–Crippen MR) is 79.8 cm³/mol. The molecule has 0 unspecified atom stereocenters. The number of nitro groups is 1. The molecule has 0 heterocycles. The van der Waals surface area contributed by atoms with Crippen molar-refractivity contribution in [2.24, 2.45) is 4.99 Å². The van der Waals surface area contributed by atoms with E-state index >= 15 is 0 Å². The lowest BCUT2D eigenvalue weighted by Crippen LogP contribution is -2.01. The molecule has 2 rings (SSSR count). The lowest BCUT2D eigenvalue weighted by molar-refractivity contribution is -0.384. The highest BCUT2D eigenvalue weighted by Crippen LogP contribution is 2.24. The SMILES string of the molecule is COC(=O)c1ccccc1/N=C/c1cc([N+](=O)[O-])ccc1O. The number of nitro benzene ring substituents is 1. The first-order valence-electron chi connectivity index (χ1n) is 6.21. The van der Waals surface area contributed by atoms with Gasteiger partial charge in [0.1, 0.15) is 5.75 Å². The largest absolute Gasteiger partial charge is 0.507 e. The first-order chi connectivity index (χ1) is 10.5. The van der Waals surface area contributed by atoms with Crippen molar-refractivity contribution in [1.82, 2.24) is 0 Å². The number of phenolic OH excluding ortho intramolecular Hbond substituents is 1. The van der Waals surface area contributed by atoms with Crippen LogP contribution in [-0.4, -0.2) is 29.3 Å². The third-order valence-corrected chi connectivity index (χ3v) is 2.87. The highest BCUT2D eigenvalue weighted by molar-refractivity contribution is 5.96. The fraction of sp³-hybridized carbons (Fsp3) is 0.0667. The van der Waals surface area contributed by atoms with E-state index < -0.39 is 10.9 Å². The standard InChI is InChI=1S/C15H12N2O5/c1-22-15(19)12-4-2-3-5-13(12)16-9-10-8-11(17(20)21)6-7-14(10)18/h2-9,18H,1H3/b16-9+. The number of phenols is 1. The molecule has 112 valence electrons. The van der Waals surface area contributed by atoms with Crippen molar-refractivity contribution in [1.29, 1.82) is 0 Å². The molecule has 7 nitrogen and oxygen atoms in total. The summed E-state index contributed by atoms with van der Waals surface area (Å²) in [7, 11) is 1.26. The van der Waals surface area contributed by atoms with Crippen LogP contribution in [0, 0.1) is 10.1 Å². The van der Waals surface area contributed by atoms with E-state index in [1.807, 2.05) is 0 Å². The van der Waals surface area contributed by atoms with Crippen molar-refractivity contribution in [3.05, 3.63) is 63.7 Å². The van der Waals surface area contributed by atoms with Crippen LogP contribution in [0.25, 0.3) is 0 Å². The molecule has 0 bridgehead atoms. The number of methoxy groups -OCH3 is 1. The molecule has 0 saturated carbocycles. The van der Waals surface area contributed by atoms with Gasteiger partial charge in [-0.05, 0) is 18.2 Å². The fourth-order valence-corrected chi connectivity index (χ4v) is 1.77. The molecule has 0 radical (unpaired) electrons. The van der Waals surface area contributed by atoms with Gasteiger partial charge in [-0.1, -0.05) is 12.1 Å². The summed E-state index contributed by atoms with van der Waals surface area (Å²) in [6.07, 6.45) is 1.25. The van der Waals surface area contributed by atoms with Crippen LogP contribution in [0.2, 0.25) is 0 Å². The molecule has 0 spiro atoms. The highest BCUT2D eigenvalue weighted by Gasteiger charge is 2.11. The van der Waals surface area contributed by atoms with Gasteiger partial charge in [0.25, 0.3) is 5.69 Å². The number of carbonyl (C=O) groups is 1. The van der Waals surface area contributed by atoms with Gasteiger partial charge in [0, 0.05) is 23.9 Å². The van der Waals surface area contributed by atoms with Crippen molar-refractivity contribution in [2.75, 3.05) is 7.11 Å². The Kier molecular flexibility index (Phi) is 4.47. The molecule has 0 aromatic heterocycles. The average Bonchev–Trinajstić information content (AvgIpc) is 2.53. The third-order valence-electron chi connectivity index (χ3n) is 2.87. The number of ether oxygens (including phenoxy) is 1. The molecular formula is C15H12N2O5. The van der Waals surface area contributed by atoms with Crippen LogP contribution in [-0.2, 0) is 4.74 Å². The maximum Gasteiger partial charge on any atom is 0.340 e. The Labute approximate surface area is 125 Å². The van der Waals surface area contributed by atoms with Crippen molar-refractivity contribution in [3.63, 3.8) is 0 Å². The normalized spacial score (nSPS) is 10.6. The highest BCUT2D eigenvalue weighted by atomic mass is 16.6. The summed E-state index contributed by atoms with van der Waals surface area (Å²) >= 11 is 0. The molecule has 1 N–H and O–H groups in total. The van der Waals surface area contributed by atoms with Crippen molar-refractivity contribution >= 4 is 23.6 Å². The second-order valence-electron chi connectivity index (χ2n) is 4.27. The van der Waals surface area contributed by atoms with Gasteiger partial charge >= 0.3 is 5.97 Å². The predicted octanol–water partition coefficient (Wildman–Crippen LogP) is 2.84.